The zero-order valence-corrected chi connectivity index (χ0v) is 23.2. The molecule has 43 heavy (non-hydrogen) atoms. The van der Waals surface area contributed by atoms with Gasteiger partial charge in [0.05, 0.1) is 5.69 Å². The molecule has 0 saturated carbocycles. The lowest BCUT2D eigenvalue weighted by Crippen LogP contribution is -1.98. The molecule has 5 heteroatoms. The molecule has 0 aliphatic carbocycles. The Kier molecular flexibility index (Phi) is 6.05. The second-order valence-corrected chi connectivity index (χ2v) is 10.5. The number of pyridine rings is 2. The lowest BCUT2D eigenvalue weighted by Gasteiger charge is -2.10. The lowest BCUT2D eigenvalue weighted by molar-refractivity contribution is 0.767. The van der Waals surface area contributed by atoms with Crippen LogP contribution in [0, 0.1) is 0 Å². The molecule has 3 aromatic heterocycles. The van der Waals surface area contributed by atoms with Crippen molar-refractivity contribution in [3.8, 4) is 50.2 Å². The van der Waals surface area contributed by atoms with Gasteiger partial charge in [0.2, 0.25) is 0 Å². The fourth-order valence-corrected chi connectivity index (χ4v) is 5.66. The predicted molar refractivity (Wildman–Crippen MR) is 174 cm³/mol. The Morgan fingerprint density at radius 3 is 1.70 bits per heavy atom. The molecule has 0 amide bonds. The highest BCUT2D eigenvalue weighted by atomic mass is 15.5. The van der Waals surface area contributed by atoms with Crippen LogP contribution in [0.25, 0.3) is 72.0 Å². The maximum absolute atomic E-state index is 5.06. The quantitative estimate of drug-likeness (QED) is 0.214. The first-order valence-electron chi connectivity index (χ1n) is 14.2. The van der Waals surface area contributed by atoms with E-state index in [0.717, 1.165) is 66.6 Å². The lowest BCUT2D eigenvalue weighted by atomic mass is 9.94. The van der Waals surface area contributed by atoms with Gasteiger partial charge in [0.1, 0.15) is 11.0 Å². The average Bonchev–Trinajstić information content (AvgIpc) is 3.53. The van der Waals surface area contributed by atoms with Crippen molar-refractivity contribution in [2.75, 3.05) is 0 Å². The Balaban J connectivity index is 1.32. The minimum absolute atomic E-state index is 0.837. The Hall–Kier alpha value is -5.94. The van der Waals surface area contributed by atoms with E-state index in [2.05, 4.69) is 113 Å². The number of hydrogen-bond donors (Lipinski definition) is 0. The first kappa shape index (κ1) is 24.8. The molecule has 0 fully saturated rings. The summed E-state index contributed by atoms with van der Waals surface area (Å²) in [6.45, 7) is 0. The molecule has 5 aromatic carbocycles. The smallest absolute Gasteiger partial charge is 0.121 e. The average molecular weight is 552 g/mol. The monoisotopic (exact) mass is 551 g/mol. The molecule has 8 rings (SSSR count). The third-order valence-corrected chi connectivity index (χ3v) is 7.85. The Morgan fingerprint density at radius 1 is 0.395 bits per heavy atom. The first-order chi connectivity index (χ1) is 21.3. The van der Waals surface area contributed by atoms with Crippen molar-refractivity contribution in [1.82, 2.24) is 25.0 Å². The Labute approximate surface area is 248 Å². The second kappa shape index (κ2) is 10.5. The van der Waals surface area contributed by atoms with Gasteiger partial charge in [0.25, 0.3) is 0 Å². The van der Waals surface area contributed by atoms with Gasteiger partial charge in [0, 0.05) is 30.4 Å². The fourth-order valence-electron chi connectivity index (χ4n) is 5.66. The van der Waals surface area contributed by atoms with Gasteiger partial charge in [-0.15, -0.1) is 10.2 Å². The molecule has 8 aromatic rings. The number of aromatic nitrogens is 5. The molecular weight excluding hydrogens is 526 g/mol. The van der Waals surface area contributed by atoms with Gasteiger partial charge >= 0.3 is 0 Å². The van der Waals surface area contributed by atoms with Crippen LogP contribution in [0.4, 0.5) is 0 Å². The van der Waals surface area contributed by atoms with Crippen molar-refractivity contribution in [2.45, 2.75) is 0 Å². The summed E-state index contributed by atoms with van der Waals surface area (Å²) in [5.74, 6) is 0. The second-order valence-electron chi connectivity index (χ2n) is 10.5. The van der Waals surface area contributed by atoms with E-state index in [1.54, 1.807) is 4.80 Å². The van der Waals surface area contributed by atoms with Gasteiger partial charge in [-0.3, -0.25) is 9.97 Å². The van der Waals surface area contributed by atoms with Gasteiger partial charge in [0.15, 0.2) is 0 Å². The molecule has 5 nitrogen and oxygen atoms in total. The van der Waals surface area contributed by atoms with Crippen LogP contribution >= 0.6 is 0 Å². The summed E-state index contributed by atoms with van der Waals surface area (Å²) < 4.78 is 0. The minimum atomic E-state index is 0.837. The summed E-state index contributed by atoms with van der Waals surface area (Å²) in [7, 11) is 0. The third-order valence-electron chi connectivity index (χ3n) is 7.85. The van der Waals surface area contributed by atoms with E-state index in [4.69, 9.17) is 10.2 Å². The minimum Gasteiger partial charge on any atom is -0.265 e. The van der Waals surface area contributed by atoms with Crippen LogP contribution in [0.3, 0.4) is 0 Å². The maximum Gasteiger partial charge on any atom is 0.121 e. The molecule has 202 valence electrons. The van der Waals surface area contributed by atoms with Crippen LogP contribution in [0.15, 0.2) is 152 Å². The van der Waals surface area contributed by atoms with Gasteiger partial charge < -0.3 is 0 Å². The van der Waals surface area contributed by atoms with E-state index < -0.39 is 0 Å². The van der Waals surface area contributed by atoms with Crippen LogP contribution in [0.2, 0.25) is 0 Å². The van der Waals surface area contributed by atoms with Crippen molar-refractivity contribution in [2.24, 2.45) is 0 Å². The molecule has 0 saturated heterocycles. The number of rotatable bonds is 5. The highest BCUT2D eigenvalue weighted by Gasteiger charge is 2.15. The molecule has 0 spiro atoms. The van der Waals surface area contributed by atoms with Crippen LogP contribution in [0.5, 0.6) is 0 Å². The molecule has 0 aliphatic heterocycles. The molecule has 0 radical (unpaired) electrons. The Morgan fingerprint density at radius 2 is 1.00 bits per heavy atom. The first-order valence-corrected chi connectivity index (χ1v) is 14.2. The summed E-state index contributed by atoms with van der Waals surface area (Å²) in [6.07, 6.45) is 7.30. The molecular formula is C38H25N5. The molecule has 3 heterocycles. The van der Waals surface area contributed by atoms with Crippen molar-refractivity contribution in [3.05, 3.63) is 152 Å². The van der Waals surface area contributed by atoms with Crippen LogP contribution < -0.4 is 0 Å². The highest BCUT2D eigenvalue weighted by molar-refractivity contribution is 5.96. The van der Waals surface area contributed by atoms with Crippen molar-refractivity contribution in [3.63, 3.8) is 0 Å². The summed E-state index contributed by atoms with van der Waals surface area (Å²) in [4.78, 5) is 10.1. The van der Waals surface area contributed by atoms with E-state index in [1.165, 1.54) is 5.39 Å². The van der Waals surface area contributed by atoms with E-state index in [-0.39, 0.29) is 0 Å². The fraction of sp³-hybridized carbons (Fsp3) is 0. The molecule has 0 atom stereocenters. The standard InChI is InChI=1S/C38H25N5/c1-2-6-32-23-35(12-11-26(32)5-1)43-41-37-25-34(31-9-3-7-29(21-31)27-13-17-39-18-14-27)24-36(38(37)42-43)33-10-4-8-30(22-33)28-15-19-40-20-16-28/h1-25H. The number of benzene rings is 5. The summed E-state index contributed by atoms with van der Waals surface area (Å²) in [5.41, 5.74) is 11.4. The van der Waals surface area contributed by atoms with Crippen LogP contribution in [0.1, 0.15) is 0 Å². The third kappa shape index (κ3) is 4.73. The summed E-state index contributed by atoms with van der Waals surface area (Å²) >= 11 is 0. The van der Waals surface area contributed by atoms with Crippen molar-refractivity contribution >= 4 is 21.8 Å². The van der Waals surface area contributed by atoms with Gasteiger partial charge in [-0.25, -0.2) is 0 Å². The van der Waals surface area contributed by atoms with E-state index in [1.807, 2.05) is 49.1 Å². The van der Waals surface area contributed by atoms with E-state index in [0.29, 0.717) is 0 Å². The molecule has 0 N–H and O–H groups in total. The van der Waals surface area contributed by atoms with Gasteiger partial charge in [-0.05, 0) is 110 Å². The number of fused-ring (bicyclic) bond motifs is 2. The van der Waals surface area contributed by atoms with Gasteiger partial charge in [-0.2, -0.15) is 4.80 Å². The topological polar surface area (TPSA) is 56.5 Å². The zero-order chi connectivity index (χ0) is 28.6. The number of hydrogen-bond acceptors (Lipinski definition) is 4. The summed E-state index contributed by atoms with van der Waals surface area (Å²) in [5, 5.41) is 12.4. The van der Waals surface area contributed by atoms with Crippen LogP contribution in [-0.2, 0) is 0 Å². The van der Waals surface area contributed by atoms with E-state index >= 15 is 0 Å². The maximum atomic E-state index is 5.06. The zero-order valence-electron chi connectivity index (χ0n) is 23.2. The largest absolute Gasteiger partial charge is 0.265 e. The van der Waals surface area contributed by atoms with Crippen molar-refractivity contribution in [1.29, 1.82) is 0 Å². The van der Waals surface area contributed by atoms with Crippen molar-refractivity contribution < 1.29 is 0 Å². The molecule has 0 unspecified atom stereocenters. The predicted octanol–water partition coefficient (Wildman–Crippen LogP) is 9.03. The SMILES string of the molecule is c1cc(-c2ccncc2)cc(-c2cc(-c3cccc(-c4ccncc4)c3)c3nn(-c4ccc5ccccc5c4)nc3c2)c1. The number of nitrogens with zero attached hydrogens (tertiary/aromatic N) is 5. The summed E-state index contributed by atoms with van der Waals surface area (Å²) in [6, 6.07) is 44.4. The highest BCUT2D eigenvalue weighted by Crippen LogP contribution is 2.36. The van der Waals surface area contributed by atoms with Gasteiger partial charge in [-0.1, -0.05) is 66.7 Å². The van der Waals surface area contributed by atoms with E-state index in [9.17, 15) is 0 Å². The molecule has 0 aliphatic rings. The van der Waals surface area contributed by atoms with Crippen LogP contribution in [-0.4, -0.2) is 25.0 Å². The normalized spacial score (nSPS) is 11.3. The molecule has 0 bridgehead atoms. The Bertz CT molecular complexity index is 2240.